The maximum Gasteiger partial charge on any atom is 0.115 e. The van der Waals surface area contributed by atoms with Crippen molar-refractivity contribution >= 4 is 0 Å². The summed E-state index contributed by atoms with van der Waals surface area (Å²) < 4.78 is 0. The van der Waals surface area contributed by atoms with Crippen LogP contribution in [0.25, 0.3) is 0 Å². The molecule has 1 aromatic rings. The fourth-order valence-electron chi connectivity index (χ4n) is 2.82. The molecule has 18 heavy (non-hydrogen) atoms. The van der Waals surface area contributed by atoms with Gasteiger partial charge in [0.15, 0.2) is 0 Å². The summed E-state index contributed by atoms with van der Waals surface area (Å²) in [6, 6.07) is 7.56. The highest BCUT2D eigenvalue weighted by atomic mass is 16.3. The monoisotopic (exact) mass is 249 g/mol. The van der Waals surface area contributed by atoms with Gasteiger partial charge in [-0.15, -0.1) is 0 Å². The van der Waals surface area contributed by atoms with Crippen molar-refractivity contribution in [1.82, 2.24) is 5.32 Å². The number of benzene rings is 1. The Morgan fingerprint density at radius 1 is 1.39 bits per heavy atom. The average molecular weight is 249 g/mol. The Labute approximate surface area is 109 Å². The number of piperidine rings is 1. The first-order valence-electron chi connectivity index (χ1n) is 6.93. The molecule has 1 aliphatic rings. The van der Waals surface area contributed by atoms with Crippen LogP contribution in [0.15, 0.2) is 24.3 Å². The molecule has 1 saturated heterocycles. The maximum atomic E-state index is 10.4. The molecular formula is C15H23NO2. The van der Waals surface area contributed by atoms with Gasteiger partial charge in [-0.25, -0.2) is 0 Å². The second-order valence-electron chi connectivity index (χ2n) is 5.23. The molecule has 3 atom stereocenters. The van der Waals surface area contributed by atoms with Crippen LogP contribution in [0, 0.1) is 0 Å². The van der Waals surface area contributed by atoms with E-state index in [-0.39, 0.29) is 11.8 Å². The summed E-state index contributed by atoms with van der Waals surface area (Å²) >= 11 is 0. The topological polar surface area (TPSA) is 52.5 Å². The number of rotatable bonds is 4. The molecule has 3 heteroatoms. The van der Waals surface area contributed by atoms with Crippen LogP contribution in [0.5, 0.6) is 5.75 Å². The molecule has 0 saturated carbocycles. The average Bonchev–Trinajstić information content (AvgIpc) is 2.39. The van der Waals surface area contributed by atoms with Crippen LogP contribution >= 0.6 is 0 Å². The maximum absolute atomic E-state index is 10.4. The SMILES string of the molecule is CCC[C@@H]1CCC[C@@H](C(O)c2cccc(O)c2)N1. The van der Waals surface area contributed by atoms with Crippen molar-refractivity contribution in [3.63, 3.8) is 0 Å². The molecule has 2 rings (SSSR count). The van der Waals surface area contributed by atoms with Gasteiger partial charge in [0.25, 0.3) is 0 Å². The highest BCUT2D eigenvalue weighted by Crippen LogP contribution is 2.27. The molecule has 0 spiro atoms. The van der Waals surface area contributed by atoms with E-state index in [4.69, 9.17) is 0 Å². The van der Waals surface area contributed by atoms with Gasteiger partial charge in [0, 0.05) is 12.1 Å². The van der Waals surface area contributed by atoms with Gasteiger partial charge in [-0.3, -0.25) is 0 Å². The summed E-state index contributed by atoms with van der Waals surface area (Å²) in [6.45, 7) is 2.19. The van der Waals surface area contributed by atoms with Gasteiger partial charge >= 0.3 is 0 Å². The molecule has 100 valence electrons. The Kier molecular flexibility index (Phi) is 4.61. The Morgan fingerprint density at radius 3 is 2.94 bits per heavy atom. The van der Waals surface area contributed by atoms with E-state index in [1.54, 1.807) is 18.2 Å². The molecule has 0 amide bonds. The zero-order valence-electron chi connectivity index (χ0n) is 11.0. The number of phenolic OH excluding ortho intramolecular Hbond substituents is 1. The Balaban J connectivity index is 2.02. The molecule has 1 fully saturated rings. The van der Waals surface area contributed by atoms with Gasteiger partial charge in [0.05, 0.1) is 6.10 Å². The van der Waals surface area contributed by atoms with E-state index in [2.05, 4.69) is 12.2 Å². The lowest BCUT2D eigenvalue weighted by Gasteiger charge is -2.34. The Morgan fingerprint density at radius 2 is 2.22 bits per heavy atom. The zero-order valence-corrected chi connectivity index (χ0v) is 11.0. The van der Waals surface area contributed by atoms with Crippen LogP contribution in [0.1, 0.15) is 50.7 Å². The summed E-state index contributed by atoms with van der Waals surface area (Å²) in [5.41, 5.74) is 0.796. The van der Waals surface area contributed by atoms with Crippen molar-refractivity contribution in [1.29, 1.82) is 0 Å². The highest BCUT2D eigenvalue weighted by Gasteiger charge is 2.27. The molecule has 3 nitrogen and oxygen atoms in total. The first kappa shape index (κ1) is 13.4. The minimum absolute atomic E-state index is 0.108. The van der Waals surface area contributed by atoms with Gasteiger partial charge in [0.2, 0.25) is 0 Å². The quantitative estimate of drug-likeness (QED) is 0.769. The molecule has 1 aromatic carbocycles. The van der Waals surface area contributed by atoms with Crippen LogP contribution in [-0.2, 0) is 0 Å². The van der Waals surface area contributed by atoms with Crippen molar-refractivity contribution in [2.75, 3.05) is 0 Å². The Hall–Kier alpha value is -1.06. The molecule has 0 bridgehead atoms. The van der Waals surface area contributed by atoms with Crippen molar-refractivity contribution < 1.29 is 10.2 Å². The minimum atomic E-state index is -0.531. The third-order valence-corrected chi connectivity index (χ3v) is 3.75. The number of nitrogens with one attached hydrogen (secondary N) is 1. The number of hydrogen-bond donors (Lipinski definition) is 3. The molecule has 1 unspecified atom stereocenters. The van der Waals surface area contributed by atoms with Crippen molar-refractivity contribution in [2.24, 2.45) is 0 Å². The van der Waals surface area contributed by atoms with E-state index >= 15 is 0 Å². The smallest absolute Gasteiger partial charge is 0.115 e. The number of aliphatic hydroxyl groups is 1. The lowest BCUT2D eigenvalue weighted by Crippen LogP contribution is -2.45. The van der Waals surface area contributed by atoms with E-state index in [1.807, 2.05) is 6.07 Å². The first-order valence-corrected chi connectivity index (χ1v) is 6.93. The molecule has 3 N–H and O–H groups in total. The molecular weight excluding hydrogens is 226 g/mol. The third kappa shape index (κ3) is 3.24. The van der Waals surface area contributed by atoms with E-state index < -0.39 is 6.10 Å². The van der Waals surface area contributed by atoms with Gasteiger partial charge < -0.3 is 15.5 Å². The van der Waals surface area contributed by atoms with E-state index in [0.29, 0.717) is 6.04 Å². The summed E-state index contributed by atoms with van der Waals surface area (Å²) in [5, 5.41) is 23.4. The number of aliphatic hydroxyl groups excluding tert-OH is 1. The largest absolute Gasteiger partial charge is 0.508 e. The Bertz CT molecular complexity index is 379. The van der Waals surface area contributed by atoms with Gasteiger partial charge in [-0.2, -0.15) is 0 Å². The van der Waals surface area contributed by atoms with Crippen molar-refractivity contribution in [3.05, 3.63) is 29.8 Å². The van der Waals surface area contributed by atoms with E-state index in [9.17, 15) is 10.2 Å². The number of phenols is 1. The minimum Gasteiger partial charge on any atom is -0.508 e. The molecule has 0 radical (unpaired) electrons. The van der Waals surface area contributed by atoms with Crippen molar-refractivity contribution in [2.45, 2.75) is 57.2 Å². The zero-order chi connectivity index (χ0) is 13.0. The van der Waals surface area contributed by atoms with E-state index in [1.165, 1.54) is 19.3 Å². The van der Waals surface area contributed by atoms with Gasteiger partial charge in [-0.1, -0.05) is 31.9 Å². The normalized spacial score (nSPS) is 25.9. The summed E-state index contributed by atoms with van der Waals surface area (Å²) in [7, 11) is 0. The molecule has 1 heterocycles. The van der Waals surface area contributed by atoms with Crippen LogP contribution in [0.3, 0.4) is 0 Å². The second-order valence-corrected chi connectivity index (χ2v) is 5.23. The van der Waals surface area contributed by atoms with Crippen LogP contribution in [-0.4, -0.2) is 22.3 Å². The molecule has 0 aliphatic carbocycles. The van der Waals surface area contributed by atoms with Crippen LogP contribution in [0.2, 0.25) is 0 Å². The van der Waals surface area contributed by atoms with Crippen LogP contribution in [0.4, 0.5) is 0 Å². The van der Waals surface area contributed by atoms with Crippen molar-refractivity contribution in [3.8, 4) is 5.75 Å². The van der Waals surface area contributed by atoms with Gasteiger partial charge in [0.1, 0.15) is 5.75 Å². The lowest BCUT2D eigenvalue weighted by molar-refractivity contribution is 0.0996. The molecule has 1 aliphatic heterocycles. The predicted octanol–water partition coefficient (Wildman–Crippen LogP) is 2.74. The second kappa shape index (κ2) is 6.21. The number of hydrogen-bond acceptors (Lipinski definition) is 3. The predicted molar refractivity (Wildman–Crippen MR) is 72.5 cm³/mol. The summed E-state index contributed by atoms with van der Waals surface area (Å²) in [4.78, 5) is 0. The fraction of sp³-hybridized carbons (Fsp3) is 0.600. The van der Waals surface area contributed by atoms with E-state index in [0.717, 1.165) is 18.4 Å². The summed E-state index contributed by atoms with van der Waals surface area (Å²) in [5.74, 6) is 0.215. The van der Waals surface area contributed by atoms with Crippen LogP contribution < -0.4 is 5.32 Å². The summed E-state index contributed by atoms with van der Waals surface area (Å²) in [6.07, 6.45) is 5.18. The first-order chi connectivity index (χ1) is 8.70. The fourth-order valence-corrected chi connectivity index (χ4v) is 2.82. The standard InChI is InChI=1S/C15H23NO2/c1-2-5-12-7-4-9-14(16-12)15(18)11-6-3-8-13(17)10-11/h3,6,8,10,12,14-18H,2,4-5,7,9H2,1H3/t12-,14+,15?/m1/s1. The number of aromatic hydroxyl groups is 1. The van der Waals surface area contributed by atoms with Gasteiger partial charge in [-0.05, 0) is 37.0 Å². The molecule has 0 aromatic heterocycles. The third-order valence-electron chi connectivity index (χ3n) is 3.75. The lowest BCUT2D eigenvalue weighted by atomic mass is 9.90. The highest BCUT2D eigenvalue weighted by molar-refractivity contribution is 5.29.